The molecule has 1 aliphatic heterocycles. The van der Waals surface area contributed by atoms with Gasteiger partial charge in [-0.3, -0.25) is 4.90 Å². The van der Waals surface area contributed by atoms with Crippen molar-refractivity contribution in [2.24, 2.45) is 5.73 Å². The summed E-state index contributed by atoms with van der Waals surface area (Å²) < 4.78 is 12.8. The number of nitrogens with two attached hydrogens (primary N) is 1. The molecule has 0 radical (unpaired) electrons. The Morgan fingerprint density at radius 3 is 2.62 bits per heavy atom. The lowest BCUT2D eigenvalue weighted by Crippen LogP contribution is -2.32. The molecule has 1 fully saturated rings. The Bertz CT molecular complexity index is 341. The Balaban J connectivity index is 2.13. The van der Waals surface area contributed by atoms with Crippen LogP contribution in [0.25, 0.3) is 0 Å². The molecule has 3 N–H and O–H groups in total. The number of aliphatic hydroxyl groups is 1. The Labute approximate surface area is 94.7 Å². The molecule has 88 valence electrons. The molecule has 1 aromatic carbocycles. The molecule has 0 spiro atoms. The number of halogens is 1. The largest absolute Gasteiger partial charge is 0.392 e. The first-order valence-electron chi connectivity index (χ1n) is 5.58. The lowest BCUT2D eigenvalue weighted by Gasteiger charge is -2.26. The Kier molecular flexibility index (Phi) is 3.53. The second-order valence-electron chi connectivity index (χ2n) is 4.24. The van der Waals surface area contributed by atoms with Crippen molar-refractivity contribution < 1.29 is 9.50 Å². The zero-order valence-electron chi connectivity index (χ0n) is 9.14. The van der Waals surface area contributed by atoms with Crippen LogP contribution in [-0.2, 0) is 0 Å². The van der Waals surface area contributed by atoms with E-state index in [0.29, 0.717) is 13.1 Å². The van der Waals surface area contributed by atoms with Crippen LogP contribution in [0.2, 0.25) is 0 Å². The van der Waals surface area contributed by atoms with Crippen molar-refractivity contribution in [2.45, 2.75) is 18.6 Å². The van der Waals surface area contributed by atoms with Gasteiger partial charge in [0, 0.05) is 25.7 Å². The van der Waals surface area contributed by atoms with Gasteiger partial charge in [0.2, 0.25) is 0 Å². The highest BCUT2D eigenvalue weighted by Gasteiger charge is 2.26. The van der Waals surface area contributed by atoms with Gasteiger partial charge >= 0.3 is 0 Å². The van der Waals surface area contributed by atoms with E-state index in [4.69, 9.17) is 5.73 Å². The second-order valence-corrected chi connectivity index (χ2v) is 4.24. The van der Waals surface area contributed by atoms with Crippen LogP contribution in [-0.4, -0.2) is 35.7 Å². The minimum atomic E-state index is -0.255. The number of β-amino-alcohol motifs (C(OH)–C–C–N with tert-alkyl or cyclic N) is 1. The van der Waals surface area contributed by atoms with E-state index in [1.807, 2.05) is 0 Å². The van der Waals surface area contributed by atoms with Crippen LogP contribution >= 0.6 is 0 Å². The monoisotopic (exact) mass is 224 g/mol. The van der Waals surface area contributed by atoms with Gasteiger partial charge in [0.1, 0.15) is 5.82 Å². The molecule has 2 rings (SSSR count). The van der Waals surface area contributed by atoms with E-state index < -0.39 is 0 Å². The summed E-state index contributed by atoms with van der Waals surface area (Å²) in [6.45, 7) is 1.98. The van der Waals surface area contributed by atoms with E-state index in [1.54, 1.807) is 12.1 Å². The average molecular weight is 224 g/mol. The summed E-state index contributed by atoms with van der Waals surface area (Å²) in [5.41, 5.74) is 6.76. The number of nitrogens with zero attached hydrogens (tertiary/aromatic N) is 1. The second kappa shape index (κ2) is 4.91. The van der Waals surface area contributed by atoms with Crippen LogP contribution in [0.15, 0.2) is 24.3 Å². The molecule has 0 saturated carbocycles. The molecule has 3 nitrogen and oxygen atoms in total. The van der Waals surface area contributed by atoms with Crippen molar-refractivity contribution in [1.82, 2.24) is 4.90 Å². The fourth-order valence-electron chi connectivity index (χ4n) is 2.23. The van der Waals surface area contributed by atoms with E-state index in [0.717, 1.165) is 18.5 Å². The van der Waals surface area contributed by atoms with E-state index in [9.17, 15) is 9.50 Å². The fraction of sp³-hybridized carbons (Fsp3) is 0.500. The number of benzene rings is 1. The van der Waals surface area contributed by atoms with Gasteiger partial charge in [-0.05, 0) is 24.1 Å². The maximum atomic E-state index is 12.8. The topological polar surface area (TPSA) is 49.5 Å². The van der Waals surface area contributed by atoms with Crippen LogP contribution in [0.5, 0.6) is 0 Å². The summed E-state index contributed by atoms with van der Waals surface area (Å²) in [4.78, 5) is 2.15. The Hall–Kier alpha value is -0.970. The maximum Gasteiger partial charge on any atom is 0.123 e. The van der Waals surface area contributed by atoms with Crippen LogP contribution in [0, 0.1) is 5.82 Å². The van der Waals surface area contributed by atoms with Gasteiger partial charge < -0.3 is 10.8 Å². The number of hydrogen-bond donors (Lipinski definition) is 2. The van der Waals surface area contributed by atoms with E-state index in [-0.39, 0.29) is 18.0 Å². The lowest BCUT2D eigenvalue weighted by molar-refractivity contribution is 0.160. The molecule has 1 aromatic rings. The summed E-state index contributed by atoms with van der Waals surface area (Å²) in [6.07, 6.45) is 0.534. The number of rotatable bonds is 3. The summed E-state index contributed by atoms with van der Waals surface area (Å²) in [6, 6.07) is 6.50. The molecule has 1 aliphatic rings. The molecule has 0 bridgehead atoms. The van der Waals surface area contributed by atoms with Crippen LogP contribution < -0.4 is 5.73 Å². The fourth-order valence-corrected chi connectivity index (χ4v) is 2.23. The minimum Gasteiger partial charge on any atom is -0.392 e. The molecule has 1 saturated heterocycles. The molecular weight excluding hydrogens is 207 g/mol. The van der Waals surface area contributed by atoms with Gasteiger partial charge in [-0.2, -0.15) is 0 Å². The summed E-state index contributed by atoms with van der Waals surface area (Å²) >= 11 is 0. The lowest BCUT2D eigenvalue weighted by atomic mass is 10.1. The first kappa shape index (κ1) is 11.5. The van der Waals surface area contributed by atoms with Crippen molar-refractivity contribution in [3.05, 3.63) is 35.6 Å². The summed E-state index contributed by atoms with van der Waals surface area (Å²) in [5, 5.41) is 9.49. The van der Waals surface area contributed by atoms with Crippen LogP contribution in [0.1, 0.15) is 18.0 Å². The van der Waals surface area contributed by atoms with Gasteiger partial charge in [0.15, 0.2) is 0 Å². The normalized spacial score (nSPS) is 23.6. The Morgan fingerprint density at radius 2 is 2.12 bits per heavy atom. The van der Waals surface area contributed by atoms with Gasteiger partial charge in [0.25, 0.3) is 0 Å². The predicted molar refractivity (Wildman–Crippen MR) is 60.4 cm³/mol. The third kappa shape index (κ3) is 2.40. The third-order valence-electron chi connectivity index (χ3n) is 3.11. The van der Waals surface area contributed by atoms with Crippen molar-refractivity contribution in [3.63, 3.8) is 0 Å². The molecule has 4 heteroatoms. The third-order valence-corrected chi connectivity index (χ3v) is 3.11. The summed E-state index contributed by atoms with van der Waals surface area (Å²) in [5.74, 6) is -0.235. The molecule has 0 aromatic heterocycles. The molecule has 0 amide bonds. The predicted octanol–water partition coefficient (Wildman–Crippen LogP) is 0.892. The highest BCUT2D eigenvalue weighted by molar-refractivity contribution is 5.20. The van der Waals surface area contributed by atoms with Crippen LogP contribution in [0.4, 0.5) is 4.39 Å². The molecule has 2 atom stereocenters. The first-order valence-corrected chi connectivity index (χ1v) is 5.58. The van der Waals surface area contributed by atoms with Crippen molar-refractivity contribution in [2.75, 3.05) is 19.6 Å². The van der Waals surface area contributed by atoms with Crippen molar-refractivity contribution in [1.29, 1.82) is 0 Å². The standard InChI is InChI=1S/C12H17FN2O/c13-10-3-1-9(2-4-10)12(7-14)15-6-5-11(16)8-15/h1-4,11-12,16H,5-8,14H2. The molecule has 16 heavy (non-hydrogen) atoms. The number of hydrogen-bond acceptors (Lipinski definition) is 3. The zero-order chi connectivity index (χ0) is 11.5. The number of likely N-dealkylation sites (tertiary alicyclic amines) is 1. The average Bonchev–Trinajstić information content (AvgIpc) is 2.69. The summed E-state index contributed by atoms with van der Waals surface area (Å²) in [7, 11) is 0. The molecule has 2 unspecified atom stereocenters. The van der Waals surface area contributed by atoms with E-state index >= 15 is 0 Å². The molecular formula is C12H17FN2O. The smallest absolute Gasteiger partial charge is 0.123 e. The highest BCUT2D eigenvalue weighted by Crippen LogP contribution is 2.24. The first-order chi connectivity index (χ1) is 7.70. The van der Waals surface area contributed by atoms with Gasteiger partial charge in [-0.25, -0.2) is 4.39 Å². The SMILES string of the molecule is NCC(c1ccc(F)cc1)N1CCC(O)C1. The quantitative estimate of drug-likeness (QED) is 0.801. The van der Waals surface area contributed by atoms with E-state index in [1.165, 1.54) is 12.1 Å². The Morgan fingerprint density at radius 1 is 1.44 bits per heavy atom. The molecule has 1 heterocycles. The van der Waals surface area contributed by atoms with Crippen molar-refractivity contribution in [3.8, 4) is 0 Å². The number of aliphatic hydroxyl groups excluding tert-OH is 1. The van der Waals surface area contributed by atoms with Crippen molar-refractivity contribution >= 4 is 0 Å². The zero-order valence-corrected chi connectivity index (χ0v) is 9.14. The van der Waals surface area contributed by atoms with E-state index in [2.05, 4.69) is 4.90 Å². The maximum absolute atomic E-state index is 12.8. The van der Waals surface area contributed by atoms with Gasteiger partial charge in [-0.15, -0.1) is 0 Å². The van der Waals surface area contributed by atoms with Crippen LogP contribution in [0.3, 0.4) is 0 Å². The van der Waals surface area contributed by atoms with Gasteiger partial charge in [0.05, 0.1) is 6.10 Å². The van der Waals surface area contributed by atoms with Gasteiger partial charge in [-0.1, -0.05) is 12.1 Å². The minimum absolute atomic E-state index is 0.0812. The molecule has 0 aliphatic carbocycles. The highest BCUT2D eigenvalue weighted by atomic mass is 19.1.